The summed E-state index contributed by atoms with van der Waals surface area (Å²) in [5.74, 6) is 0. The lowest BCUT2D eigenvalue weighted by atomic mass is 9.97. The average molecular weight is 361 g/mol. The van der Waals surface area contributed by atoms with Gasteiger partial charge in [-0.2, -0.15) is 0 Å². The van der Waals surface area contributed by atoms with E-state index in [0.717, 1.165) is 60.3 Å². The molecule has 4 rings (SSSR count). The first kappa shape index (κ1) is 17.9. The molecule has 0 spiro atoms. The lowest BCUT2D eigenvalue weighted by molar-refractivity contribution is 0.589. The van der Waals surface area contributed by atoms with Gasteiger partial charge in [0.05, 0.1) is 11.2 Å². The molecule has 27 heavy (non-hydrogen) atoms. The summed E-state index contributed by atoms with van der Waals surface area (Å²) < 4.78 is 0. The first-order chi connectivity index (χ1) is 13.3. The predicted octanol–water partition coefficient (Wildman–Crippen LogP) is 2.66. The SMILES string of the molecule is NCCC(N)c1cc(-c2cccc(N3CCNCC3)c2)nc2ccccc12. The Morgan fingerprint density at radius 3 is 2.67 bits per heavy atom. The number of nitrogens with one attached hydrogen (secondary N) is 1. The third-order valence-electron chi connectivity index (χ3n) is 5.25. The van der Waals surface area contributed by atoms with Crippen molar-refractivity contribution in [1.29, 1.82) is 0 Å². The van der Waals surface area contributed by atoms with Crippen LogP contribution in [0, 0.1) is 0 Å². The van der Waals surface area contributed by atoms with Crippen LogP contribution in [0.3, 0.4) is 0 Å². The second kappa shape index (κ2) is 8.05. The van der Waals surface area contributed by atoms with Gasteiger partial charge in [0.2, 0.25) is 0 Å². The molecule has 1 atom stereocenters. The summed E-state index contributed by atoms with van der Waals surface area (Å²) in [4.78, 5) is 7.34. The Balaban J connectivity index is 1.77. The van der Waals surface area contributed by atoms with Gasteiger partial charge in [-0.25, -0.2) is 4.98 Å². The number of benzene rings is 2. The molecule has 1 fully saturated rings. The number of pyridine rings is 1. The second-order valence-corrected chi connectivity index (χ2v) is 7.09. The third-order valence-corrected chi connectivity index (χ3v) is 5.25. The quantitative estimate of drug-likeness (QED) is 0.651. The van der Waals surface area contributed by atoms with E-state index in [9.17, 15) is 0 Å². The van der Waals surface area contributed by atoms with Gasteiger partial charge in [0.25, 0.3) is 0 Å². The highest BCUT2D eigenvalue weighted by molar-refractivity contribution is 5.86. The molecule has 0 aliphatic carbocycles. The number of fused-ring (bicyclic) bond motifs is 1. The summed E-state index contributed by atoms with van der Waals surface area (Å²) in [6.45, 7) is 4.68. The van der Waals surface area contributed by atoms with Gasteiger partial charge in [0.1, 0.15) is 0 Å². The lowest BCUT2D eigenvalue weighted by Crippen LogP contribution is -2.43. The molecule has 2 heterocycles. The van der Waals surface area contributed by atoms with Crippen LogP contribution in [0.1, 0.15) is 18.0 Å². The van der Waals surface area contributed by atoms with Crippen LogP contribution in [0.4, 0.5) is 5.69 Å². The number of rotatable bonds is 5. The van der Waals surface area contributed by atoms with Crippen molar-refractivity contribution in [3.05, 3.63) is 60.2 Å². The van der Waals surface area contributed by atoms with Crippen LogP contribution in [0.25, 0.3) is 22.2 Å². The highest BCUT2D eigenvalue weighted by Crippen LogP contribution is 2.30. The Labute approximate surface area is 160 Å². The number of piperazine rings is 1. The Morgan fingerprint density at radius 1 is 1.04 bits per heavy atom. The van der Waals surface area contributed by atoms with Gasteiger partial charge in [-0.15, -0.1) is 0 Å². The smallest absolute Gasteiger partial charge is 0.0713 e. The van der Waals surface area contributed by atoms with E-state index in [0.29, 0.717) is 6.54 Å². The average Bonchev–Trinajstić information content (AvgIpc) is 2.74. The van der Waals surface area contributed by atoms with Crippen LogP contribution in [-0.4, -0.2) is 37.7 Å². The van der Waals surface area contributed by atoms with Crippen LogP contribution >= 0.6 is 0 Å². The van der Waals surface area contributed by atoms with Crippen molar-refractivity contribution >= 4 is 16.6 Å². The molecule has 5 heteroatoms. The van der Waals surface area contributed by atoms with E-state index in [1.165, 1.54) is 5.69 Å². The third kappa shape index (κ3) is 3.81. The summed E-state index contributed by atoms with van der Waals surface area (Å²) in [5, 5.41) is 4.52. The minimum Gasteiger partial charge on any atom is -0.369 e. The summed E-state index contributed by atoms with van der Waals surface area (Å²) in [7, 11) is 0. The molecule has 0 radical (unpaired) electrons. The maximum atomic E-state index is 6.44. The Hall–Kier alpha value is -2.47. The second-order valence-electron chi connectivity index (χ2n) is 7.09. The molecule has 1 aliphatic heterocycles. The number of anilines is 1. The maximum absolute atomic E-state index is 6.44. The van der Waals surface area contributed by atoms with Gasteiger partial charge in [-0.05, 0) is 42.8 Å². The van der Waals surface area contributed by atoms with Crippen molar-refractivity contribution in [3.63, 3.8) is 0 Å². The standard InChI is InChI=1S/C22H27N5/c23-9-8-20(24)19-15-22(26-21-7-2-1-6-18(19)21)16-4-3-5-17(14-16)27-12-10-25-11-13-27/h1-7,14-15,20,25H,8-13,23-24H2. The molecule has 2 aromatic carbocycles. The van der Waals surface area contributed by atoms with E-state index in [4.69, 9.17) is 16.5 Å². The van der Waals surface area contributed by atoms with E-state index < -0.39 is 0 Å². The van der Waals surface area contributed by atoms with E-state index in [-0.39, 0.29) is 6.04 Å². The molecule has 1 aliphatic rings. The van der Waals surface area contributed by atoms with Gasteiger partial charge in [0, 0.05) is 48.9 Å². The van der Waals surface area contributed by atoms with Crippen LogP contribution < -0.4 is 21.7 Å². The topological polar surface area (TPSA) is 80.2 Å². The van der Waals surface area contributed by atoms with Crippen LogP contribution in [0.15, 0.2) is 54.6 Å². The molecule has 0 amide bonds. The molecule has 5 nitrogen and oxygen atoms in total. The molecule has 0 bridgehead atoms. The number of para-hydroxylation sites is 1. The lowest BCUT2D eigenvalue weighted by Gasteiger charge is -2.29. The van der Waals surface area contributed by atoms with Gasteiger partial charge in [-0.1, -0.05) is 30.3 Å². The fraction of sp³-hybridized carbons (Fsp3) is 0.318. The van der Waals surface area contributed by atoms with Crippen molar-refractivity contribution < 1.29 is 0 Å². The van der Waals surface area contributed by atoms with E-state index in [2.05, 4.69) is 52.7 Å². The maximum Gasteiger partial charge on any atom is 0.0713 e. The predicted molar refractivity (Wildman–Crippen MR) is 113 cm³/mol. The van der Waals surface area contributed by atoms with Crippen LogP contribution in [0.5, 0.6) is 0 Å². The van der Waals surface area contributed by atoms with Crippen LogP contribution in [-0.2, 0) is 0 Å². The van der Waals surface area contributed by atoms with Crippen molar-refractivity contribution in [2.24, 2.45) is 11.5 Å². The van der Waals surface area contributed by atoms with Crippen molar-refractivity contribution in [2.45, 2.75) is 12.5 Å². The molecular formula is C22H27N5. The van der Waals surface area contributed by atoms with Gasteiger partial charge in [-0.3, -0.25) is 0 Å². The number of hydrogen-bond acceptors (Lipinski definition) is 5. The number of aromatic nitrogens is 1. The zero-order valence-corrected chi connectivity index (χ0v) is 15.6. The summed E-state index contributed by atoms with van der Waals surface area (Å²) in [6, 6.07) is 18.9. The van der Waals surface area contributed by atoms with Crippen molar-refractivity contribution in [1.82, 2.24) is 10.3 Å². The fourth-order valence-corrected chi connectivity index (χ4v) is 3.78. The van der Waals surface area contributed by atoms with E-state index in [1.807, 2.05) is 12.1 Å². The molecule has 3 aromatic rings. The zero-order chi connectivity index (χ0) is 18.6. The summed E-state index contributed by atoms with van der Waals surface area (Å²) >= 11 is 0. The van der Waals surface area contributed by atoms with E-state index >= 15 is 0 Å². The zero-order valence-electron chi connectivity index (χ0n) is 15.6. The summed E-state index contributed by atoms with van der Waals surface area (Å²) in [6.07, 6.45) is 0.758. The van der Waals surface area contributed by atoms with Crippen molar-refractivity contribution in [2.75, 3.05) is 37.6 Å². The molecule has 0 saturated carbocycles. The molecule has 5 N–H and O–H groups in total. The first-order valence-electron chi connectivity index (χ1n) is 9.67. The molecular weight excluding hydrogens is 334 g/mol. The van der Waals surface area contributed by atoms with Gasteiger partial charge < -0.3 is 21.7 Å². The molecule has 1 aromatic heterocycles. The molecule has 1 saturated heterocycles. The number of nitrogens with two attached hydrogens (primary N) is 2. The molecule has 140 valence electrons. The Morgan fingerprint density at radius 2 is 1.85 bits per heavy atom. The first-order valence-corrected chi connectivity index (χ1v) is 9.67. The molecule has 1 unspecified atom stereocenters. The van der Waals surface area contributed by atoms with Crippen LogP contribution in [0.2, 0.25) is 0 Å². The minimum atomic E-state index is -0.0852. The Bertz CT molecular complexity index is 917. The number of hydrogen-bond donors (Lipinski definition) is 3. The monoisotopic (exact) mass is 361 g/mol. The van der Waals surface area contributed by atoms with Gasteiger partial charge >= 0.3 is 0 Å². The largest absolute Gasteiger partial charge is 0.369 e. The number of nitrogens with zero attached hydrogens (tertiary/aromatic N) is 2. The van der Waals surface area contributed by atoms with Gasteiger partial charge in [0.15, 0.2) is 0 Å². The summed E-state index contributed by atoms with van der Waals surface area (Å²) in [5.41, 5.74) is 17.6. The van der Waals surface area contributed by atoms with Crippen molar-refractivity contribution in [3.8, 4) is 11.3 Å². The Kier molecular flexibility index (Phi) is 5.34. The fourth-order valence-electron chi connectivity index (χ4n) is 3.78. The normalized spacial score (nSPS) is 15.9. The highest BCUT2D eigenvalue weighted by Gasteiger charge is 2.15. The highest BCUT2D eigenvalue weighted by atomic mass is 15.2. The minimum absolute atomic E-state index is 0.0852. The van der Waals surface area contributed by atoms with E-state index in [1.54, 1.807) is 0 Å².